The fourth-order valence-electron chi connectivity index (χ4n) is 4.64. The molecular weight excluding hydrogens is 482 g/mol. The lowest BCUT2D eigenvalue weighted by molar-refractivity contribution is 0.102. The first-order chi connectivity index (χ1) is 18.2. The molecule has 8 heteroatoms. The van der Waals surface area contributed by atoms with Gasteiger partial charge in [-0.15, -0.1) is 0 Å². The van der Waals surface area contributed by atoms with Crippen molar-refractivity contribution >= 4 is 29.2 Å². The quantitative estimate of drug-likeness (QED) is 0.402. The van der Waals surface area contributed by atoms with Crippen molar-refractivity contribution < 1.29 is 9.53 Å². The van der Waals surface area contributed by atoms with Crippen molar-refractivity contribution in [3.05, 3.63) is 89.9 Å². The van der Waals surface area contributed by atoms with E-state index >= 15 is 0 Å². The van der Waals surface area contributed by atoms with Crippen LogP contribution in [0.5, 0.6) is 0 Å². The molecule has 0 spiro atoms. The number of thioether (sulfide) groups is 1. The molecule has 0 aliphatic carbocycles. The van der Waals surface area contributed by atoms with Crippen molar-refractivity contribution in [3.63, 3.8) is 0 Å². The number of carbonyl (C=O) groups is 1. The third-order valence-electron chi connectivity index (χ3n) is 6.61. The molecular formula is C29H27N5O2S. The van der Waals surface area contributed by atoms with E-state index in [-0.39, 0.29) is 5.91 Å². The molecule has 2 aromatic heterocycles. The Morgan fingerprint density at radius 3 is 2.54 bits per heavy atom. The van der Waals surface area contributed by atoms with Crippen LogP contribution in [0, 0.1) is 0 Å². The molecule has 0 bridgehead atoms. The van der Waals surface area contributed by atoms with E-state index in [1.807, 2.05) is 78.5 Å². The number of anilines is 2. The van der Waals surface area contributed by atoms with Crippen molar-refractivity contribution in [1.29, 1.82) is 0 Å². The molecule has 2 aromatic carbocycles. The summed E-state index contributed by atoms with van der Waals surface area (Å²) in [6.45, 7) is 3.13. The highest BCUT2D eigenvalue weighted by molar-refractivity contribution is 7.98. The van der Waals surface area contributed by atoms with Crippen molar-refractivity contribution in [2.45, 2.75) is 12.2 Å². The highest BCUT2D eigenvalue weighted by atomic mass is 32.2. The number of hydrogen-bond acceptors (Lipinski definition) is 7. The zero-order valence-corrected chi connectivity index (χ0v) is 21.2. The van der Waals surface area contributed by atoms with Crippen LogP contribution in [0.4, 0.5) is 11.5 Å². The van der Waals surface area contributed by atoms with Gasteiger partial charge >= 0.3 is 0 Å². The van der Waals surface area contributed by atoms with Gasteiger partial charge in [0.05, 0.1) is 18.9 Å². The zero-order chi connectivity index (χ0) is 25.0. The molecule has 7 nitrogen and oxygen atoms in total. The Bertz CT molecular complexity index is 1410. The molecule has 1 fully saturated rings. The average Bonchev–Trinajstić information content (AvgIpc) is 2.98. The first kappa shape index (κ1) is 23.6. The maximum Gasteiger partial charge on any atom is 0.274 e. The monoisotopic (exact) mass is 509 g/mol. The summed E-state index contributed by atoms with van der Waals surface area (Å²) < 4.78 is 5.56. The number of rotatable bonds is 5. The number of aryl methyl sites for hydroxylation is 1. The van der Waals surface area contributed by atoms with Crippen LogP contribution in [0.1, 0.15) is 21.7 Å². The molecule has 0 unspecified atom stereocenters. The van der Waals surface area contributed by atoms with Gasteiger partial charge in [0.15, 0.2) is 5.82 Å². The first-order valence-corrected chi connectivity index (χ1v) is 13.6. The fraction of sp³-hybridized carbons (Fsp3) is 0.241. The Hall–Kier alpha value is -3.75. The van der Waals surface area contributed by atoms with Gasteiger partial charge in [0, 0.05) is 41.9 Å². The van der Waals surface area contributed by atoms with Crippen LogP contribution in [0.2, 0.25) is 0 Å². The number of hydrogen-bond donors (Lipinski definition) is 1. The summed E-state index contributed by atoms with van der Waals surface area (Å²) in [5, 5.41) is 2.96. The lowest BCUT2D eigenvalue weighted by atomic mass is 10.1. The second-order valence-electron chi connectivity index (χ2n) is 9.03. The summed E-state index contributed by atoms with van der Waals surface area (Å²) in [4.78, 5) is 29.5. The normalized spacial score (nSPS) is 15.2. The summed E-state index contributed by atoms with van der Waals surface area (Å²) in [6, 6.07) is 21.4. The van der Waals surface area contributed by atoms with Crippen LogP contribution in [0.3, 0.4) is 0 Å². The van der Waals surface area contributed by atoms with Gasteiger partial charge < -0.3 is 15.0 Å². The molecule has 4 aromatic rings. The Morgan fingerprint density at radius 2 is 1.73 bits per heavy atom. The van der Waals surface area contributed by atoms with Crippen LogP contribution in [-0.2, 0) is 16.9 Å². The van der Waals surface area contributed by atoms with Gasteiger partial charge in [-0.25, -0.2) is 9.97 Å². The zero-order valence-electron chi connectivity index (χ0n) is 20.4. The topological polar surface area (TPSA) is 80.2 Å². The van der Waals surface area contributed by atoms with E-state index < -0.39 is 0 Å². The van der Waals surface area contributed by atoms with Gasteiger partial charge in [0.1, 0.15) is 11.5 Å². The average molecular weight is 510 g/mol. The van der Waals surface area contributed by atoms with Crippen molar-refractivity contribution in [2.75, 3.05) is 42.3 Å². The minimum Gasteiger partial charge on any atom is -0.378 e. The van der Waals surface area contributed by atoms with Gasteiger partial charge in [-0.05, 0) is 59.7 Å². The number of nitrogens with one attached hydrogen (secondary N) is 1. The van der Waals surface area contributed by atoms with Crippen LogP contribution in [0.25, 0.3) is 22.5 Å². The maximum atomic E-state index is 12.9. The Kier molecular flexibility index (Phi) is 6.84. The third-order valence-corrected chi connectivity index (χ3v) is 7.60. The molecule has 1 N–H and O–H groups in total. The van der Waals surface area contributed by atoms with Crippen LogP contribution in [-0.4, -0.2) is 52.9 Å². The minimum absolute atomic E-state index is 0.248. The molecule has 186 valence electrons. The number of carbonyl (C=O) groups excluding carboxylic acids is 1. The number of pyridine rings is 1. The van der Waals surface area contributed by atoms with E-state index in [1.54, 1.807) is 6.20 Å². The maximum absolute atomic E-state index is 12.9. The lowest BCUT2D eigenvalue weighted by Gasteiger charge is -2.31. The summed E-state index contributed by atoms with van der Waals surface area (Å²) in [5.41, 5.74) is 6.40. The molecule has 2 aliphatic rings. The molecule has 1 saturated heterocycles. The van der Waals surface area contributed by atoms with Crippen LogP contribution in [0.15, 0.2) is 72.9 Å². The first-order valence-electron chi connectivity index (χ1n) is 12.5. The van der Waals surface area contributed by atoms with Gasteiger partial charge in [0.25, 0.3) is 5.91 Å². The predicted molar refractivity (Wildman–Crippen MR) is 148 cm³/mol. The van der Waals surface area contributed by atoms with Crippen molar-refractivity contribution in [2.24, 2.45) is 0 Å². The molecule has 2 aliphatic heterocycles. The van der Waals surface area contributed by atoms with E-state index in [4.69, 9.17) is 14.7 Å². The number of aromatic nitrogens is 3. The number of amides is 1. The molecule has 0 atom stereocenters. The summed E-state index contributed by atoms with van der Waals surface area (Å²) in [5.74, 6) is 3.55. The Balaban J connectivity index is 1.22. The SMILES string of the molecule is O=C(Nc1ccc(-c2nc3c(c(N4CCOCC4)n2)CSCC3)cc1)c1cc(-c2ccccc2)ccn1. The highest BCUT2D eigenvalue weighted by Gasteiger charge is 2.24. The second kappa shape index (κ2) is 10.7. The van der Waals surface area contributed by atoms with E-state index in [0.717, 1.165) is 78.3 Å². The summed E-state index contributed by atoms with van der Waals surface area (Å²) >= 11 is 1.94. The van der Waals surface area contributed by atoms with E-state index in [1.165, 1.54) is 5.56 Å². The van der Waals surface area contributed by atoms with E-state index in [0.29, 0.717) is 11.4 Å². The number of benzene rings is 2. The second-order valence-corrected chi connectivity index (χ2v) is 10.1. The summed E-state index contributed by atoms with van der Waals surface area (Å²) in [7, 11) is 0. The predicted octanol–water partition coefficient (Wildman–Crippen LogP) is 5.08. The van der Waals surface area contributed by atoms with Crippen molar-refractivity contribution in [1.82, 2.24) is 15.0 Å². The smallest absolute Gasteiger partial charge is 0.274 e. The fourth-order valence-corrected chi connectivity index (χ4v) is 5.63. The van der Waals surface area contributed by atoms with Crippen LogP contribution < -0.4 is 10.2 Å². The largest absolute Gasteiger partial charge is 0.378 e. The molecule has 6 rings (SSSR count). The number of fused-ring (bicyclic) bond motifs is 1. The molecule has 0 radical (unpaired) electrons. The van der Waals surface area contributed by atoms with Gasteiger partial charge in [-0.2, -0.15) is 11.8 Å². The van der Waals surface area contributed by atoms with Gasteiger partial charge in [0.2, 0.25) is 0 Å². The van der Waals surface area contributed by atoms with Crippen LogP contribution >= 0.6 is 11.8 Å². The number of morpholine rings is 1. The highest BCUT2D eigenvalue weighted by Crippen LogP contribution is 2.33. The molecule has 1 amide bonds. The lowest BCUT2D eigenvalue weighted by Crippen LogP contribution is -2.38. The summed E-state index contributed by atoms with van der Waals surface area (Å²) in [6.07, 6.45) is 2.62. The number of ether oxygens (including phenoxy) is 1. The molecule has 0 saturated carbocycles. The van der Waals surface area contributed by atoms with Gasteiger partial charge in [-0.3, -0.25) is 9.78 Å². The minimum atomic E-state index is -0.248. The number of nitrogens with zero attached hydrogens (tertiary/aromatic N) is 4. The van der Waals surface area contributed by atoms with Gasteiger partial charge in [-0.1, -0.05) is 30.3 Å². The third kappa shape index (κ3) is 5.21. The van der Waals surface area contributed by atoms with Crippen molar-refractivity contribution in [3.8, 4) is 22.5 Å². The van der Waals surface area contributed by atoms with E-state index in [9.17, 15) is 4.79 Å². The van der Waals surface area contributed by atoms with E-state index in [2.05, 4.69) is 15.2 Å². The molecule has 37 heavy (non-hydrogen) atoms. The molecule has 4 heterocycles. The standard InChI is InChI=1S/C29H27N5O2S/c35-29(26-18-22(10-12-30-26)20-4-2-1-3-5-20)31-23-8-6-21(7-9-23)27-32-25-11-17-37-19-24(25)28(33-27)34-13-15-36-16-14-34/h1-10,12,18H,11,13-17,19H2,(H,31,35). The Morgan fingerprint density at radius 1 is 0.919 bits per heavy atom. The Labute approximate surface area is 220 Å².